The molecule has 0 atom stereocenters. The van der Waals surface area contributed by atoms with Crippen LogP contribution in [0.3, 0.4) is 0 Å². The number of ether oxygens (including phenoxy) is 1. The third-order valence-electron chi connectivity index (χ3n) is 3.49. The normalized spacial score (nSPS) is 10.9. The maximum absolute atomic E-state index is 11.8. The van der Waals surface area contributed by atoms with Crippen molar-refractivity contribution in [2.45, 2.75) is 27.7 Å². The number of carbonyl (C=O) groups excluding carboxylic acids is 1. The summed E-state index contributed by atoms with van der Waals surface area (Å²) in [6.07, 6.45) is 3.35. The topological polar surface area (TPSA) is 66.8 Å². The Kier molecular flexibility index (Phi) is 6.94. The Morgan fingerprint density at radius 1 is 1.28 bits per heavy atom. The lowest BCUT2D eigenvalue weighted by Gasteiger charge is -2.16. The van der Waals surface area contributed by atoms with Gasteiger partial charge in [0.2, 0.25) is 0 Å². The lowest BCUT2D eigenvalue weighted by Crippen LogP contribution is -2.24. The lowest BCUT2D eigenvalue weighted by molar-refractivity contribution is -0.123. The Morgan fingerprint density at radius 2 is 1.96 bits per heavy atom. The molecule has 0 aliphatic carbocycles. The molecule has 0 aliphatic heterocycles. The van der Waals surface area contributed by atoms with Gasteiger partial charge in [-0.25, -0.2) is 10.4 Å². The summed E-state index contributed by atoms with van der Waals surface area (Å²) in [5.41, 5.74) is 4.67. The van der Waals surface area contributed by atoms with Crippen LogP contribution in [0.4, 0.5) is 5.13 Å². The molecule has 0 radical (unpaired) electrons. The van der Waals surface area contributed by atoms with Gasteiger partial charge in [-0.15, -0.1) is 0 Å². The maximum atomic E-state index is 11.8. The number of carbonyl (C=O) groups is 1. The fraction of sp³-hybridized carbons (Fsp3) is 0.389. The van der Waals surface area contributed by atoms with E-state index in [2.05, 4.69) is 40.3 Å². The van der Waals surface area contributed by atoms with E-state index in [4.69, 9.17) is 4.74 Å². The van der Waals surface area contributed by atoms with E-state index in [1.165, 1.54) is 11.3 Å². The minimum atomic E-state index is -0.302. The SMILES string of the molecule is CCN(CC)c1ncc(/C=N\NC(=O)COc2cc(C)cc(C)c2)s1. The molecule has 0 saturated heterocycles. The Balaban J connectivity index is 1.82. The Morgan fingerprint density at radius 3 is 2.60 bits per heavy atom. The van der Waals surface area contributed by atoms with Crippen LogP contribution in [0, 0.1) is 13.8 Å². The molecule has 0 unspecified atom stereocenters. The van der Waals surface area contributed by atoms with E-state index in [0.717, 1.165) is 34.2 Å². The molecule has 0 aliphatic rings. The summed E-state index contributed by atoms with van der Waals surface area (Å²) in [7, 11) is 0. The van der Waals surface area contributed by atoms with Gasteiger partial charge in [0.1, 0.15) is 5.75 Å². The molecule has 1 N–H and O–H groups in total. The van der Waals surface area contributed by atoms with E-state index in [9.17, 15) is 4.79 Å². The number of nitrogens with one attached hydrogen (secondary N) is 1. The summed E-state index contributed by atoms with van der Waals surface area (Å²) in [4.78, 5) is 19.2. The van der Waals surface area contributed by atoms with Crippen molar-refractivity contribution in [3.05, 3.63) is 40.4 Å². The second-order valence-corrected chi connectivity index (χ2v) is 6.66. The predicted molar refractivity (Wildman–Crippen MR) is 103 cm³/mol. The molecule has 1 aromatic heterocycles. The van der Waals surface area contributed by atoms with E-state index in [1.807, 2.05) is 26.0 Å². The van der Waals surface area contributed by atoms with Gasteiger partial charge in [0.15, 0.2) is 11.7 Å². The predicted octanol–water partition coefficient (Wildman–Crippen LogP) is 3.14. The molecular weight excluding hydrogens is 336 g/mol. The molecule has 0 spiro atoms. The fourth-order valence-corrected chi connectivity index (χ4v) is 3.26. The summed E-state index contributed by atoms with van der Waals surface area (Å²) in [6, 6.07) is 5.85. The second kappa shape index (κ2) is 9.17. The van der Waals surface area contributed by atoms with Crippen molar-refractivity contribution < 1.29 is 9.53 Å². The van der Waals surface area contributed by atoms with Gasteiger partial charge in [-0.3, -0.25) is 4.79 Å². The van der Waals surface area contributed by atoms with E-state index in [0.29, 0.717) is 5.75 Å². The van der Waals surface area contributed by atoms with Crippen molar-refractivity contribution in [1.82, 2.24) is 10.4 Å². The maximum Gasteiger partial charge on any atom is 0.277 e. The van der Waals surface area contributed by atoms with Crippen molar-refractivity contribution in [1.29, 1.82) is 0 Å². The molecule has 2 aromatic rings. The van der Waals surface area contributed by atoms with Crippen LogP contribution in [0.5, 0.6) is 5.75 Å². The first-order valence-electron chi connectivity index (χ1n) is 8.25. The van der Waals surface area contributed by atoms with Crippen molar-refractivity contribution in [2.75, 3.05) is 24.6 Å². The minimum absolute atomic E-state index is 0.0758. The standard InChI is InChI=1S/C18H24N4O2S/c1-5-22(6-2)18-19-10-16(25-18)11-20-21-17(23)12-24-15-8-13(3)7-14(4)9-15/h7-11H,5-6,12H2,1-4H3,(H,21,23)/b20-11-. The van der Waals surface area contributed by atoms with Crippen LogP contribution in [0.1, 0.15) is 29.9 Å². The highest BCUT2D eigenvalue weighted by Gasteiger charge is 2.07. The third-order valence-corrected chi connectivity index (χ3v) is 4.48. The van der Waals surface area contributed by atoms with E-state index >= 15 is 0 Å². The van der Waals surface area contributed by atoms with E-state index < -0.39 is 0 Å². The van der Waals surface area contributed by atoms with Gasteiger partial charge in [-0.2, -0.15) is 5.10 Å². The van der Waals surface area contributed by atoms with Crippen molar-refractivity contribution in [2.24, 2.45) is 5.10 Å². The molecular formula is C18H24N4O2S. The van der Waals surface area contributed by atoms with Crippen LogP contribution in [-0.2, 0) is 4.79 Å². The molecule has 0 saturated carbocycles. The number of hydrazone groups is 1. The first-order chi connectivity index (χ1) is 12.0. The van der Waals surface area contributed by atoms with Crippen molar-refractivity contribution >= 4 is 28.6 Å². The van der Waals surface area contributed by atoms with Crippen LogP contribution in [-0.4, -0.2) is 36.8 Å². The second-order valence-electron chi connectivity index (χ2n) is 5.62. The van der Waals surface area contributed by atoms with Gasteiger partial charge >= 0.3 is 0 Å². The van der Waals surface area contributed by atoms with Gasteiger partial charge in [0.25, 0.3) is 5.91 Å². The first-order valence-corrected chi connectivity index (χ1v) is 9.07. The Hall–Kier alpha value is -2.41. The number of aromatic nitrogens is 1. The Bertz CT molecular complexity index is 718. The first kappa shape index (κ1) is 18.9. The van der Waals surface area contributed by atoms with Gasteiger partial charge in [-0.1, -0.05) is 17.4 Å². The van der Waals surface area contributed by atoms with Crippen LogP contribution in [0.2, 0.25) is 0 Å². The van der Waals surface area contributed by atoms with Gasteiger partial charge < -0.3 is 9.64 Å². The van der Waals surface area contributed by atoms with E-state index in [-0.39, 0.29) is 12.5 Å². The number of thiazole rings is 1. The molecule has 0 fully saturated rings. The third kappa shape index (κ3) is 5.86. The van der Waals surface area contributed by atoms with E-state index in [1.54, 1.807) is 12.4 Å². The summed E-state index contributed by atoms with van der Waals surface area (Å²) in [5, 5.41) is 4.92. The molecule has 134 valence electrons. The smallest absolute Gasteiger partial charge is 0.277 e. The summed E-state index contributed by atoms with van der Waals surface area (Å²) in [5.74, 6) is 0.381. The van der Waals surface area contributed by atoms with Gasteiger partial charge in [0.05, 0.1) is 11.1 Å². The van der Waals surface area contributed by atoms with Gasteiger partial charge in [0, 0.05) is 19.3 Å². The van der Waals surface area contributed by atoms with Crippen molar-refractivity contribution in [3.8, 4) is 5.75 Å². The average Bonchev–Trinajstić information content (AvgIpc) is 3.02. The average molecular weight is 360 g/mol. The number of benzene rings is 1. The molecule has 25 heavy (non-hydrogen) atoms. The lowest BCUT2D eigenvalue weighted by atomic mass is 10.1. The van der Waals surface area contributed by atoms with Crippen LogP contribution in [0.15, 0.2) is 29.5 Å². The zero-order chi connectivity index (χ0) is 18.2. The summed E-state index contributed by atoms with van der Waals surface area (Å²) >= 11 is 1.54. The summed E-state index contributed by atoms with van der Waals surface area (Å²) in [6.45, 7) is 9.91. The number of nitrogens with zero attached hydrogens (tertiary/aromatic N) is 3. The van der Waals surface area contributed by atoms with Crippen LogP contribution < -0.4 is 15.1 Å². The van der Waals surface area contributed by atoms with Crippen LogP contribution in [0.25, 0.3) is 0 Å². The number of anilines is 1. The summed E-state index contributed by atoms with van der Waals surface area (Å²) < 4.78 is 5.49. The minimum Gasteiger partial charge on any atom is -0.484 e. The largest absolute Gasteiger partial charge is 0.484 e. The zero-order valence-corrected chi connectivity index (χ0v) is 15.9. The fourth-order valence-electron chi connectivity index (χ4n) is 2.34. The monoisotopic (exact) mass is 360 g/mol. The number of hydrogen-bond donors (Lipinski definition) is 1. The molecule has 1 amide bonds. The molecule has 0 bridgehead atoms. The molecule has 1 aromatic carbocycles. The molecule has 7 heteroatoms. The van der Waals surface area contributed by atoms with Gasteiger partial charge in [-0.05, 0) is 51.0 Å². The van der Waals surface area contributed by atoms with Crippen molar-refractivity contribution in [3.63, 3.8) is 0 Å². The molecule has 2 rings (SSSR count). The highest BCUT2D eigenvalue weighted by molar-refractivity contribution is 7.17. The highest BCUT2D eigenvalue weighted by Crippen LogP contribution is 2.20. The molecule has 6 nitrogen and oxygen atoms in total. The Labute approximate surface area is 152 Å². The van der Waals surface area contributed by atoms with Crippen LogP contribution >= 0.6 is 11.3 Å². The highest BCUT2D eigenvalue weighted by atomic mass is 32.1. The molecule has 1 heterocycles. The number of hydrogen-bond acceptors (Lipinski definition) is 6. The number of aryl methyl sites for hydroxylation is 2. The number of rotatable bonds is 8. The number of amides is 1. The zero-order valence-electron chi connectivity index (χ0n) is 15.1. The quantitative estimate of drug-likeness (QED) is 0.580.